The molecule has 2 aromatic carbocycles. The van der Waals surface area contributed by atoms with E-state index in [0.29, 0.717) is 27.7 Å². The topological polar surface area (TPSA) is 104 Å². The second kappa shape index (κ2) is 8.40. The monoisotopic (exact) mass is 461 g/mol. The van der Waals surface area contributed by atoms with Gasteiger partial charge in [-0.05, 0) is 48.5 Å². The number of fused-ring (bicyclic) bond motifs is 1. The molecule has 0 saturated carbocycles. The van der Waals surface area contributed by atoms with Crippen molar-refractivity contribution in [2.75, 3.05) is 11.8 Å². The van der Waals surface area contributed by atoms with E-state index < -0.39 is 11.0 Å². The minimum Gasteiger partial charge on any atom is -0.495 e. The van der Waals surface area contributed by atoms with Gasteiger partial charge in [0.1, 0.15) is 12.0 Å². The largest absolute Gasteiger partial charge is 0.495 e. The molecule has 0 aliphatic heterocycles. The first kappa shape index (κ1) is 20.7. The zero-order valence-corrected chi connectivity index (χ0v) is 18.6. The average molecular weight is 462 g/mol. The lowest BCUT2D eigenvalue weighted by Crippen LogP contribution is -2.18. The summed E-state index contributed by atoms with van der Waals surface area (Å²) in [6.07, 6.45) is 3.11. The summed E-state index contributed by atoms with van der Waals surface area (Å²) < 4.78 is 29.2. The molecule has 5 aromatic rings. The molecule has 0 radical (unpaired) electrons. The van der Waals surface area contributed by atoms with Gasteiger partial charge in [-0.1, -0.05) is 5.16 Å². The van der Waals surface area contributed by atoms with Gasteiger partial charge in [-0.2, -0.15) is 5.10 Å². The molecule has 9 nitrogen and oxygen atoms in total. The summed E-state index contributed by atoms with van der Waals surface area (Å²) in [7, 11) is 1.87. The third-order valence-electron chi connectivity index (χ3n) is 5.25. The number of rotatable bonds is 6. The maximum Gasteiger partial charge on any atom is 0.255 e. The van der Waals surface area contributed by atoms with Gasteiger partial charge in [0.15, 0.2) is 16.8 Å². The van der Waals surface area contributed by atoms with Crippen molar-refractivity contribution in [2.45, 2.75) is 4.90 Å². The molecule has 0 aliphatic rings. The molecule has 0 fully saturated rings. The first-order valence-corrected chi connectivity index (χ1v) is 11.1. The van der Waals surface area contributed by atoms with Crippen molar-refractivity contribution in [3.05, 3.63) is 83.5 Å². The molecule has 33 heavy (non-hydrogen) atoms. The van der Waals surface area contributed by atoms with Crippen molar-refractivity contribution in [1.29, 1.82) is 0 Å². The van der Waals surface area contributed by atoms with Crippen LogP contribution < -0.4 is 15.0 Å². The summed E-state index contributed by atoms with van der Waals surface area (Å²) in [5.74, 6) is 0.922. The van der Waals surface area contributed by atoms with Crippen molar-refractivity contribution < 1.29 is 13.5 Å². The fourth-order valence-corrected chi connectivity index (χ4v) is 4.53. The quantitative estimate of drug-likeness (QED) is 0.415. The third kappa shape index (κ3) is 3.80. The maximum atomic E-state index is 13.0. The minimum absolute atomic E-state index is 0.211. The van der Waals surface area contributed by atoms with Crippen LogP contribution in [0.25, 0.3) is 27.8 Å². The highest BCUT2D eigenvalue weighted by atomic mass is 32.2. The Labute approximate surface area is 190 Å². The molecule has 0 saturated heterocycles. The number of hydrogen-bond donors (Lipinski definition) is 1. The zero-order valence-electron chi connectivity index (χ0n) is 17.8. The number of aromatic nitrogens is 4. The number of aryl methyl sites for hydroxylation is 1. The van der Waals surface area contributed by atoms with Crippen LogP contribution in [-0.2, 0) is 18.0 Å². The highest BCUT2D eigenvalue weighted by Gasteiger charge is 2.15. The standard InChI is InChI=1S/C23H19N5O4S/c1-27-18(9-11-24-27)16-3-7-21(31-2)20(14-16)28-19-6-5-17(13-15(19)4-8-23(28)29)33(30)26-22-10-12-32-25-22/h3-14H,1-2H3,(H,25,26). The first-order valence-electron chi connectivity index (χ1n) is 9.96. The Kier molecular flexibility index (Phi) is 5.27. The van der Waals surface area contributed by atoms with Gasteiger partial charge in [-0.3, -0.25) is 18.8 Å². The lowest BCUT2D eigenvalue weighted by molar-refractivity contribution is 0.413. The summed E-state index contributed by atoms with van der Waals surface area (Å²) in [6, 6.07) is 17.6. The molecule has 3 heterocycles. The molecule has 1 unspecified atom stereocenters. The average Bonchev–Trinajstić information content (AvgIpc) is 3.50. The number of nitrogens with zero attached hydrogens (tertiary/aromatic N) is 4. The molecule has 0 aliphatic carbocycles. The van der Waals surface area contributed by atoms with E-state index in [0.717, 1.165) is 16.6 Å². The van der Waals surface area contributed by atoms with Crippen molar-refractivity contribution in [3.8, 4) is 22.7 Å². The van der Waals surface area contributed by atoms with E-state index in [1.807, 2.05) is 31.3 Å². The Balaban J connectivity index is 1.64. The molecular weight excluding hydrogens is 442 g/mol. The molecular formula is C23H19N5O4S. The number of nitrogens with one attached hydrogen (secondary N) is 1. The van der Waals surface area contributed by atoms with E-state index in [1.54, 1.807) is 52.9 Å². The fourth-order valence-electron chi connectivity index (χ4n) is 3.69. The maximum absolute atomic E-state index is 13.0. The summed E-state index contributed by atoms with van der Waals surface area (Å²) in [5, 5.41) is 8.70. The van der Waals surface area contributed by atoms with E-state index in [2.05, 4.69) is 15.0 Å². The van der Waals surface area contributed by atoms with Gasteiger partial charge in [0, 0.05) is 36.3 Å². The van der Waals surface area contributed by atoms with Crippen LogP contribution in [-0.4, -0.2) is 30.8 Å². The zero-order chi connectivity index (χ0) is 22.9. The molecule has 0 bridgehead atoms. The van der Waals surface area contributed by atoms with Crippen LogP contribution in [0, 0.1) is 0 Å². The molecule has 10 heteroatoms. The van der Waals surface area contributed by atoms with Crippen LogP contribution in [0.3, 0.4) is 0 Å². The normalized spacial score (nSPS) is 12.1. The highest BCUT2D eigenvalue weighted by molar-refractivity contribution is 7.86. The molecule has 5 rings (SSSR count). The summed E-state index contributed by atoms with van der Waals surface area (Å²) in [6.45, 7) is 0. The molecule has 166 valence electrons. The highest BCUT2D eigenvalue weighted by Crippen LogP contribution is 2.31. The molecule has 1 N–H and O–H groups in total. The van der Waals surface area contributed by atoms with Gasteiger partial charge in [0.2, 0.25) is 0 Å². The Morgan fingerprint density at radius 1 is 1.06 bits per heavy atom. The minimum atomic E-state index is -1.55. The van der Waals surface area contributed by atoms with Gasteiger partial charge in [-0.15, -0.1) is 0 Å². The van der Waals surface area contributed by atoms with Gasteiger partial charge in [0.05, 0.1) is 28.9 Å². The second-order valence-corrected chi connectivity index (χ2v) is 8.42. The Morgan fingerprint density at radius 2 is 1.94 bits per heavy atom. The Hall–Kier alpha value is -4.18. The summed E-state index contributed by atoms with van der Waals surface area (Å²) in [4.78, 5) is 13.5. The van der Waals surface area contributed by atoms with E-state index in [1.165, 1.54) is 12.3 Å². The third-order valence-corrected chi connectivity index (χ3v) is 6.33. The lowest BCUT2D eigenvalue weighted by atomic mass is 10.1. The van der Waals surface area contributed by atoms with Crippen molar-refractivity contribution in [3.63, 3.8) is 0 Å². The van der Waals surface area contributed by atoms with Gasteiger partial charge >= 0.3 is 0 Å². The van der Waals surface area contributed by atoms with E-state index in [-0.39, 0.29) is 5.56 Å². The summed E-state index contributed by atoms with van der Waals surface area (Å²) >= 11 is 0. The summed E-state index contributed by atoms with van der Waals surface area (Å²) in [5.41, 5.74) is 2.84. The smallest absolute Gasteiger partial charge is 0.255 e. The van der Waals surface area contributed by atoms with Gasteiger partial charge in [-0.25, -0.2) is 4.21 Å². The second-order valence-electron chi connectivity index (χ2n) is 7.21. The SMILES string of the molecule is COc1ccc(-c2ccnn2C)cc1-n1c(=O)ccc2cc(S(=O)Nc3ccon3)ccc21. The fraction of sp³-hybridized carbons (Fsp3) is 0.0870. The number of methoxy groups -OCH3 is 1. The van der Waals surface area contributed by atoms with Crippen molar-refractivity contribution in [1.82, 2.24) is 19.5 Å². The van der Waals surface area contributed by atoms with Crippen LogP contribution in [0.1, 0.15) is 0 Å². The van der Waals surface area contributed by atoms with Crippen LogP contribution in [0.4, 0.5) is 5.82 Å². The van der Waals surface area contributed by atoms with E-state index in [9.17, 15) is 9.00 Å². The van der Waals surface area contributed by atoms with E-state index in [4.69, 9.17) is 9.26 Å². The molecule has 0 spiro atoms. The van der Waals surface area contributed by atoms with Crippen LogP contribution in [0.15, 0.2) is 87.3 Å². The molecule has 3 aromatic heterocycles. The number of benzene rings is 2. The van der Waals surface area contributed by atoms with Crippen molar-refractivity contribution >= 4 is 27.7 Å². The van der Waals surface area contributed by atoms with Crippen LogP contribution in [0.5, 0.6) is 5.75 Å². The van der Waals surface area contributed by atoms with Gasteiger partial charge < -0.3 is 9.26 Å². The van der Waals surface area contributed by atoms with Crippen LogP contribution in [0.2, 0.25) is 0 Å². The predicted octanol–water partition coefficient (Wildman–Crippen LogP) is 3.52. The van der Waals surface area contributed by atoms with Crippen LogP contribution >= 0.6 is 0 Å². The number of ether oxygens (including phenoxy) is 1. The molecule has 0 amide bonds. The number of pyridine rings is 1. The predicted molar refractivity (Wildman–Crippen MR) is 125 cm³/mol. The lowest BCUT2D eigenvalue weighted by Gasteiger charge is -2.16. The first-order chi connectivity index (χ1) is 16.0. The number of anilines is 1. The van der Waals surface area contributed by atoms with Gasteiger partial charge in [0.25, 0.3) is 5.56 Å². The number of hydrogen-bond acceptors (Lipinski definition) is 6. The molecule has 1 atom stereocenters. The van der Waals surface area contributed by atoms with E-state index >= 15 is 0 Å². The Morgan fingerprint density at radius 3 is 2.67 bits per heavy atom. The Bertz CT molecular complexity index is 1540. The van der Waals surface area contributed by atoms with Crippen molar-refractivity contribution in [2.24, 2.45) is 7.05 Å².